The summed E-state index contributed by atoms with van der Waals surface area (Å²) in [5.74, 6) is 3.08. The minimum absolute atomic E-state index is 0.0804. The molecule has 2 aromatic rings. The van der Waals surface area contributed by atoms with E-state index in [2.05, 4.69) is 54.3 Å². The third-order valence-corrected chi connectivity index (χ3v) is 6.41. The average molecular weight is 448 g/mol. The van der Waals surface area contributed by atoms with Crippen molar-refractivity contribution in [3.8, 4) is 5.75 Å². The maximum atomic E-state index is 12.2. The zero-order valence-electron chi connectivity index (χ0n) is 18.1. The summed E-state index contributed by atoms with van der Waals surface area (Å²) < 4.78 is 8.32. The Bertz CT molecular complexity index is 911. The summed E-state index contributed by atoms with van der Waals surface area (Å²) in [4.78, 5) is 16.5. The van der Waals surface area contributed by atoms with Gasteiger partial charge >= 0.3 is 0 Å². The number of nitrogens with zero attached hydrogens (tertiary/aromatic N) is 4. The third kappa shape index (κ3) is 5.57. The molecule has 1 aliphatic rings. The van der Waals surface area contributed by atoms with E-state index in [0.29, 0.717) is 16.2 Å². The number of rotatable bonds is 8. The number of amides is 1. The highest BCUT2D eigenvalue weighted by Crippen LogP contribution is 2.31. The first-order chi connectivity index (χ1) is 14.4. The quantitative estimate of drug-likeness (QED) is 0.603. The van der Waals surface area contributed by atoms with Crippen molar-refractivity contribution in [1.29, 1.82) is 0 Å². The number of para-hydroxylation sites is 1. The van der Waals surface area contributed by atoms with E-state index in [0.717, 1.165) is 23.9 Å². The fraction of sp³-hybridized carbons (Fsp3) is 0.524. The van der Waals surface area contributed by atoms with Crippen molar-refractivity contribution in [3.63, 3.8) is 0 Å². The van der Waals surface area contributed by atoms with Gasteiger partial charge in [-0.3, -0.25) is 9.79 Å². The Balaban J connectivity index is 1.71. The number of hydrogen-bond donors (Lipinski definition) is 1. The minimum Gasteiger partial charge on any atom is -0.482 e. The molecule has 1 amide bonds. The van der Waals surface area contributed by atoms with Gasteiger partial charge in [-0.2, -0.15) is 0 Å². The number of carbonyl (C=O) groups is 1. The zero-order valence-corrected chi connectivity index (χ0v) is 19.7. The van der Waals surface area contributed by atoms with Crippen LogP contribution in [-0.2, 0) is 4.79 Å². The molecule has 9 heteroatoms. The highest BCUT2D eigenvalue weighted by atomic mass is 32.2. The van der Waals surface area contributed by atoms with E-state index in [1.807, 2.05) is 29.7 Å². The van der Waals surface area contributed by atoms with E-state index in [1.54, 1.807) is 11.8 Å². The van der Waals surface area contributed by atoms with Gasteiger partial charge in [-0.1, -0.05) is 55.6 Å². The first-order valence-corrected chi connectivity index (χ1v) is 12.1. The van der Waals surface area contributed by atoms with Crippen molar-refractivity contribution in [2.24, 2.45) is 4.99 Å². The van der Waals surface area contributed by atoms with Crippen LogP contribution in [0.5, 0.6) is 5.75 Å². The van der Waals surface area contributed by atoms with Crippen LogP contribution in [-0.4, -0.2) is 43.9 Å². The maximum absolute atomic E-state index is 12.2. The maximum Gasteiger partial charge on any atom is 0.236 e. The Labute approximate surface area is 186 Å². The highest BCUT2D eigenvalue weighted by Gasteiger charge is 2.23. The van der Waals surface area contributed by atoms with Gasteiger partial charge in [0.15, 0.2) is 22.3 Å². The summed E-state index contributed by atoms with van der Waals surface area (Å²) in [5, 5.41) is 13.0. The van der Waals surface area contributed by atoms with Gasteiger partial charge in [-0.25, -0.2) is 0 Å². The van der Waals surface area contributed by atoms with Gasteiger partial charge in [0.1, 0.15) is 5.75 Å². The van der Waals surface area contributed by atoms with Crippen LogP contribution in [0.1, 0.15) is 64.1 Å². The van der Waals surface area contributed by atoms with Crippen LogP contribution in [0.3, 0.4) is 0 Å². The van der Waals surface area contributed by atoms with Crippen LogP contribution in [0.2, 0.25) is 0 Å². The van der Waals surface area contributed by atoms with E-state index < -0.39 is 0 Å². The second-order valence-corrected chi connectivity index (χ2v) is 9.66. The van der Waals surface area contributed by atoms with Crippen LogP contribution in [0.15, 0.2) is 34.4 Å². The first kappa shape index (κ1) is 22.7. The molecule has 7 nitrogen and oxygen atoms in total. The number of benzene rings is 1. The highest BCUT2D eigenvalue weighted by molar-refractivity contribution is 8.14. The molecule has 1 aromatic heterocycles. The minimum atomic E-state index is -0.271. The monoisotopic (exact) mass is 447 g/mol. The molecule has 162 valence electrons. The van der Waals surface area contributed by atoms with Crippen LogP contribution < -0.4 is 10.1 Å². The lowest BCUT2D eigenvalue weighted by atomic mass is 10.0. The summed E-state index contributed by atoms with van der Waals surface area (Å²) in [6, 6.07) is 8.23. The molecule has 1 aromatic carbocycles. The van der Waals surface area contributed by atoms with Crippen molar-refractivity contribution < 1.29 is 9.53 Å². The predicted molar refractivity (Wildman–Crippen MR) is 124 cm³/mol. The number of aromatic nitrogens is 3. The number of carbonyl (C=O) groups excluding carboxylic acids is 1. The molecule has 0 bridgehead atoms. The number of aliphatic imine (C=N–C) groups is 1. The zero-order chi connectivity index (χ0) is 21.7. The molecule has 1 unspecified atom stereocenters. The molecule has 0 saturated carbocycles. The fourth-order valence-corrected chi connectivity index (χ4v) is 4.77. The van der Waals surface area contributed by atoms with Crippen molar-refractivity contribution in [2.75, 3.05) is 18.1 Å². The second-order valence-electron chi connectivity index (χ2n) is 7.63. The lowest BCUT2D eigenvalue weighted by molar-refractivity contribution is -0.117. The topological polar surface area (TPSA) is 81.4 Å². The normalized spacial score (nSPS) is 14.8. The lowest BCUT2D eigenvalue weighted by Crippen LogP contribution is -2.29. The standard InChI is InChI=1S/C21H29N5O2S2/c1-13(2)16-8-6-7-9-17(16)28-15(5)19-24-25-21(26(19)14(3)4)30-12-18(27)23-20-22-10-11-29-20/h6-9,13-15H,10-12H2,1-5H3,(H,22,23,27). The molecule has 0 spiro atoms. The number of amidine groups is 1. The molecule has 1 N–H and O–H groups in total. The van der Waals surface area contributed by atoms with Gasteiger partial charge in [-0.15, -0.1) is 10.2 Å². The van der Waals surface area contributed by atoms with Gasteiger partial charge in [0.2, 0.25) is 5.91 Å². The smallest absolute Gasteiger partial charge is 0.236 e. The lowest BCUT2D eigenvalue weighted by Gasteiger charge is -2.21. The van der Waals surface area contributed by atoms with Gasteiger partial charge in [0, 0.05) is 11.8 Å². The molecule has 2 heterocycles. The number of ether oxygens (including phenoxy) is 1. The Kier molecular flexibility index (Phi) is 7.82. The summed E-state index contributed by atoms with van der Waals surface area (Å²) in [7, 11) is 0. The van der Waals surface area contributed by atoms with Gasteiger partial charge in [0.25, 0.3) is 0 Å². The molecular weight excluding hydrogens is 418 g/mol. The number of hydrogen-bond acceptors (Lipinski definition) is 7. The van der Waals surface area contributed by atoms with E-state index in [1.165, 1.54) is 17.3 Å². The SMILES string of the molecule is CC(C)c1ccccc1OC(C)c1nnc(SCC(=O)NC2=NCCS2)n1C(C)C. The van der Waals surface area contributed by atoms with Gasteiger partial charge in [-0.05, 0) is 38.3 Å². The molecule has 0 fully saturated rings. The van der Waals surface area contributed by atoms with Crippen LogP contribution in [0.25, 0.3) is 0 Å². The predicted octanol–water partition coefficient (Wildman–Crippen LogP) is 4.43. The molecule has 0 radical (unpaired) electrons. The van der Waals surface area contributed by atoms with E-state index in [-0.39, 0.29) is 23.8 Å². The van der Waals surface area contributed by atoms with E-state index >= 15 is 0 Å². The Morgan fingerprint density at radius 2 is 2.00 bits per heavy atom. The van der Waals surface area contributed by atoms with Crippen LogP contribution >= 0.6 is 23.5 Å². The molecular formula is C21H29N5O2S2. The summed E-state index contributed by atoms with van der Waals surface area (Å²) >= 11 is 2.95. The van der Waals surface area contributed by atoms with E-state index in [4.69, 9.17) is 4.74 Å². The number of nitrogens with one attached hydrogen (secondary N) is 1. The second kappa shape index (κ2) is 10.3. The van der Waals surface area contributed by atoms with Crippen LogP contribution in [0.4, 0.5) is 0 Å². The first-order valence-electron chi connectivity index (χ1n) is 10.2. The van der Waals surface area contributed by atoms with E-state index in [9.17, 15) is 4.79 Å². The third-order valence-electron chi connectivity index (χ3n) is 4.58. The summed E-state index contributed by atoms with van der Waals surface area (Å²) in [6.45, 7) is 11.2. The average Bonchev–Trinajstić information content (AvgIpc) is 3.36. The van der Waals surface area contributed by atoms with Crippen molar-refractivity contribution in [2.45, 2.75) is 57.8 Å². The molecule has 0 aliphatic carbocycles. The largest absolute Gasteiger partial charge is 0.482 e. The summed E-state index contributed by atoms with van der Waals surface area (Å²) in [6.07, 6.45) is -0.271. The molecule has 3 rings (SSSR count). The fourth-order valence-electron chi connectivity index (χ4n) is 3.15. The van der Waals surface area contributed by atoms with Gasteiger partial charge in [0.05, 0.1) is 12.3 Å². The van der Waals surface area contributed by atoms with Crippen LogP contribution in [0, 0.1) is 0 Å². The van der Waals surface area contributed by atoms with Crippen molar-refractivity contribution >= 4 is 34.6 Å². The molecule has 1 atom stereocenters. The molecule has 1 aliphatic heterocycles. The Morgan fingerprint density at radius 3 is 2.67 bits per heavy atom. The molecule has 0 saturated heterocycles. The Hall–Kier alpha value is -2.00. The van der Waals surface area contributed by atoms with Crippen molar-refractivity contribution in [3.05, 3.63) is 35.7 Å². The number of thioether (sulfide) groups is 2. The molecule has 30 heavy (non-hydrogen) atoms. The van der Waals surface area contributed by atoms with Gasteiger partial charge < -0.3 is 14.6 Å². The summed E-state index contributed by atoms with van der Waals surface area (Å²) in [5.41, 5.74) is 1.17. The van der Waals surface area contributed by atoms with Crippen molar-refractivity contribution in [1.82, 2.24) is 20.1 Å². The Morgan fingerprint density at radius 1 is 1.23 bits per heavy atom.